The Morgan fingerprint density at radius 1 is 0.625 bits per heavy atom. The first-order chi connectivity index (χ1) is 11.8. The van der Waals surface area contributed by atoms with Crippen LogP contribution in [0.25, 0.3) is 0 Å². The van der Waals surface area contributed by atoms with E-state index in [9.17, 15) is 0 Å². The first-order valence-electron chi connectivity index (χ1n) is 7.52. The van der Waals surface area contributed by atoms with E-state index >= 15 is 0 Å². The van der Waals surface area contributed by atoms with Crippen LogP contribution in [-0.2, 0) is 0 Å². The fourth-order valence-corrected chi connectivity index (χ4v) is 2.27. The molecular formula is C19H16N4S. The molecular weight excluding hydrogens is 316 g/mol. The van der Waals surface area contributed by atoms with Crippen LogP contribution >= 0.6 is 12.6 Å². The molecule has 0 heterocycles. The molecule has 3 aromatic rings. The second-order valence-electron chi connectivity index (χ2n) is 5.04. The first kappa shape index (κ1) is 16.1. The fourth-order valence-electron chi connectivity index (χ4n) is 2.06. The summed E-state index contributed by atoms with van der Waals surface area (Å²) in [4.78, 5) is 0.771. The molecule has 0 fully saturated rings. The molecule has 0 aliphatic rings. The summed E-state index contributed by atoms with van der Waals surface area (Å²) < 4.78 is 0. The maximum Gasteiger partial charge on any atom is 0.206 e. The normalized spacial score (nSPS) is 12.7. The standard InChI is InChI=1S/C19H16N4S/c24-18-14-8-7-13-17(18)21-23-19(15-9-3-1-4-10-15)22-20-16-11-5-2-6-12-16/h1-14,19,24H. The van der Waals surface area contributed by atoms with Gasteiger partial charge in [-0.05, 0) is 24.3 Å². The van der Waals surface area contributed by atoms with Crippen molar-refractivity contribution in [3.05, 3.63) is 90.5 Å². The summed E-state index contributed by atoms with van der Waals surface area (Å²) in [6.45, 7) is 0. The minimum Gasteiger partial charge on any atom is -0.154 e. The van der Waals surface area contributed by atoms with E-state index in [0.717, 1.165) is 16.1 Å². The summed E-state index contributed by atoms with van der Waals surface area (Å²) in [7, 11) is 0. The highest BCUT2D eigenvalue weighted by Crippen LogP contribution is 2.27. The molecule has 0 spiro atoms. The lowest BCUT2D eigenvalue weighted by molar-refractivity contribution is 0.688. The molecule has 5 heteroatoms. The molecule has 0 N–H and O–H groups in total. The van der Waals surface area contributed by atoms with E-state index in [2.05, 4.69) is 33.1 Å². The van der Waals surface area contributed by atoms with Gasteiger partial charge in [0.05, 0.1) is 11.4 Å². The SMILES string of the molecule is Sc1ccccc1N=NC(N=Nc1ccccc1)c1ccccc1. The molecule has 3 aromatic carbocycles. The monoisotopic (exact) mass is 332 g/mol. The number of hydrogen-bond donors (Lipinski definition) is 1. The molecule has 0 radical (unpaired) electrons. The van der Waals surface area contributed by atoms with Crippen LogP contribution in [-0.4, -0.2) is 0 Å². The summed E-state index contributed by atoms with van der Waals surface area (Å²) >= 11 is 4.39. The Bertz CT molecular complexity index is 832. The van der Waals surface area contributed by atoms with Gasteiger partial charge in [-0.3, -0.25) is 0 Å². The zero-order valence-corrected chi connectivity index (χ0v) is 13.8. The molecule has 1 unspecified atom stereocenters. The van der Waals surface area contributed by atoms with Gasteiger partial charge in [0.1, 0.15) is 0 Å². The van der Waals surface area contributed by atoms with Crippen molar-refractivity contribution in [3.63, 3.8) is 0 Å². The quantitative estimate of drug-likeness (QED) is 0.407. The lowest BCUT2D eigenvalue weighted by Gasteiger charge is -2.05. The van der Waals surface area contributed by atoms with E-state index in [-0.39, 0.29) is 0 Å². The first-order valence-corrected chi connectivity index (χ1v) is 7.97. The van der Waals surface area contributed by atoms with Crippen molar-refractivity contribution < 1.29 is 0 Å². The third-order valence-electron chi connectivity index (χ3n) is 3.29. The third-order valence-corrected chi connectivity index (χ3v) is 3.67. The van der Waals surface area contributed by atoms with Crippen LogP contribution < -0.4 is 0 Å². The summed E-state index contributed by atoms with van der Waals surface area (Å²) in [5.74, 6) is 0. The summed E-state index contributed by atoms with van der Waals surface area (Å²) in [5, 5.41) is 17.3. The van der Waals surface area contributed by atoms with Crippen molar-refractivity contribution in [2.75, 3.05) is 0 Å². The van der Waals surface area contributed by atoms with E-state index in [4.69, 9.17) is 0 Å². The molecule has 0 amide bonds. The van der Waals surface area contributed by atoms with Crippen molar-refractivity contribution in [2.24, 2.45) is 20.5 Å². The van der Waals surface area contributed by atoms with Gasteiger partial charge in [-0.15, -0.1) is 12.6 Å². The Labute approximate surface area is 146 Å². The van der Waals surface area contributed by atoms with E-state index in [1.807, 2.05) is 84.9 Å². The van der Waals surface area contributed by atoms with Crippen LogP contribution in [0.2, 0.25) is 0 Å². The zero-order valence-electron chi connectivity index (χ0n) is 12.9. The maximum absolute atomic E-state index is 4.39. The largest absolute Gasteiger partial charge is 0.206 e. The lowest BCUT2D eigenvalue weighted by atomic mass is 10.2. The summed E-state index contributed by atoms with van der Waals surface area (Å²) in [6.07, 6.45) is -0.501. The van der Waals surface area contributed by atoms with Crippen LogP contribution in [0.1, 0.15) is 11.7 Å². The van der Waals surface area contributed by atoms with Crippen molar-refractivity contribution in [1.29, 1.82) is 0 Å². The highest BCUT2D eigenvalue weighted by Gasteiger charge is 2.08. The van der Waals surface area contributed by atoms with Gasteiger partial charge >= 0.3 is 0 Å². The number of nitrogens with zero attached hydrogens (tertiary/aromatic N) is 4. The summed E-state index contributed by atoms with van der Waals surface area (Å²) in [5.41, 5.74) is 2.41. The number of hydrogen-bond acceptors (Lipinski definition) is 5. The van der Waals surface area contributed by atoms with Crippen LogP contribution in [0.3, 0.4) is 0 Å². The van der Waals surface area contributed by atoms with Gasteiger partial charge in [-0.2, -0.15) is 20.5 Å². The smallest absolute Gasteiger partial charge is 0.154 e. The van der Waals surface area contributed by atoms with Gasteiger partial charge in [0.25, 0.3) is 0 Å². The Morgan fingerprint density at radius 3 is 1.92 bits per heavy atom. The topological polar surface area (TPSA) is 49.4 Å². The second-order valence-corrected chi connectivity index (χ2v) is 5.52. The van der Waals surface area contributed by atoms with Crippen molar-refractivity contribution in [3.8, 4) is 0 Å². The number of thiol groups is 1. The average Bonchev–Trinajstić information content (AvgIpc) is 2.65. The molecule has 0 aliphatic heterocycles. The van der Waals surface area contributed by atoms with E-state index < -0.39 is 6.17 Å². The number of benzene rings is 3. The third kappa shape index (κ3) is 4.36. The van der Waals surface area contributed by atoms with E-state index in [1.54, 1.807) is 0 Å². The van der Waals surface area contributed by atoms with Gasteiger partial charge in [0.15, 0.2) is 0 Å². The molecule has 1 atom stereocenters. The molecule has 0 bridgehead atoms. The molecule has 0 aliphatic carbocycles. The highest BCUT2D eigenvalue weighted by molar-refractivity contribution is 7.80. The Balaban J connectivity index is 1.88. The molecule has 0 saturated carbocycles. The van der Waals surface area contributed by atoms with E-state index in [0.29, 0.717) is 5.69 Å². The second kappa shape index (κ2) is 8.17. The predicted molar refractivity (Wildman–Crippen MR) is 98.4 cm³/mol. The maximum atomic E-state index is 4.39. The van der Waals surface area contributed by atoms with Gasteiger partial charge < -0.3 is 0 Å². The van der Waals surface area contributed by atoms with Crippen molar-refractivity contribution in [2.45, 2.75) is 11.1 Å². The van der Waals surface area contributed by atoms with Gasteiger partial charge in [0.2, 0.25) is 6.17 Å². The highest BCUT2D eigenvalue weighted by atomic mass is 32.1. The number of rotatable bonds is 5. The number of azo groups is 2. The summed E-state index contributed by atoms with van der Waals surface area (Å²) in [6, 6.07) is 26.9. The molecule has 3 rings (SSSR count). The molecule has 24 heavy (non-hydrogen) atoms. The Morgan fingerprint density at radius 2 is 1.21 bits per heavy atom. The zero-order chi connectivity index (χ0) is 16.6. The van der Waals surface area contributed by atoms with Crippen molar-refractivity contribution >= 4 is 24.0 Å². The van der Waals surface area contributed by atoms with E-state index in [1.165, 1.54) is 0 Å². The Kier molecular flexibility index (Phi) is 5.48. The van der Waals surface area contributed by atoms with Gasteiger partial charge in [-0.25, -0.2) is 0 Å². The van der Waals surface area contributed by atoms with Gasteiger partial charge in [0, 0.05) is 10.5 Å². The minimum absolute atomic E-state index is 0.501. The fraction of sp³-hybridized carbons (Fsp3) is 0.0526. The van der Waals surface area contributed by atoms with Crippen LogP contribution in [0.4, 0.5) is 11.4 Å². The van der Waals surface area contributed by atoms with Crippen LogP contribution in [0.15, 0.2) is 110 Å². The van der Waals surface area contributed by atoms with Crippen LogP contribution in [0, 0.1) is 0 Å². The van der Waals surface area contributed by atoms with Gasteiger partial charge in [-0.1, -0.05) is 60.7 Å². The average molecular weight is 332 g/mol. The molecule has 0 saturated heterocycles. The molecule has 0 aromatic heterocycles. The lowest BCUT2D eigenvalue weighted by Crippen LogP contribution is -1.89. The van der Waals surface area contributed by atoms with Crippen LogP contribution in [0.5, 0.6) is 0 Å². The minimum atomic E-state index is -0.501. The molecule has 118 valence electrons. The Hall–Kier alpha value is -2.79. The predicted octanol–water partition coefficient (Wildman–Crippen LogP) is 6.54. The van der Waals surface area contributed by atoms with Crippen molar-refractivity contribution in [1.82, 2.24) is 0 Å². The molecule has 4 nitrogen and oxygen atoms in total.